The van der Waals surface area contributed by atoms with Gasteiger partial charge in [-0.15, -0.1) is 12.4 Å². The van der Waals surface area contributed by atoms with Crippen molar-refractivity contribution in [1.29, 1.82) is 0 Å². The van der Waals surface area contributed by atoms with Gasteiger partial charge in [-0.3, -0.25) is 4.99 Å². The lowest BCUT2D eigenvalue weighted by Gasteiger charge is -2.10. The highest BCUT2D eigenvalue weighted by molar-refractivity contribution is 5.89. The third-order valence-corrected chi connectivity index (χ3v) is 2.90. The first-order chi connectivity index (χ1) is 7.33. The summed E-state index contributed by atoms with van der Waals surface area (Å²) < 4.78 is 5.88. The van der Waals surface area contributed by atoms with E-state index in [9.17, 15) is 0 Å². The van der Waals surface area contributed by atoms with E-state index in [4.69, 9.17) is 4.74 Å². The maximum atomic E-state index is 5.88. The minimum Gasteiger partial charge on any atom is -0.482 e. The molecule has 0 aromatic heterocycles. The highest BCUT2D eigenvalue weighted by Gasteiger charge is 2.28. The molecule has 3 nitrogen and oxygen atoms in total. The average molecular weight is 239 g/mol. The van der Waals surface area contributed by atoms with Gasteiger partial charge in [0.2, 0.25) is 0 Å². The number of ether oxygens (including phenoxy) is 1. The molecule has 2 aliphatic rings. The van der Waals surface area contributed by atoms with Crippen LogP contribution >= 0.6 is 12.4 Å². The van der Waals surface area contributed by atoms with E-state index < -0.39 is 0 Å². The summed E-state index contributed by atoms with van der Waals surface area (Å²) in [6.45, 7) is 3.91. The van der Waals surface area contributed by atoms with Crippen LogP contribution in [0.5, 0.6) is 5.75 Å². The van der Waals surface area contributed by atoms with Gasteiger partial charge in [0.15, 0.2) is 6.10 Å². The first kappa shape index (κ1) is 11.3. The molecule has 1 N–H and O–H groups in total. The molecule has 1 atom stereocenters. The van der Waals surface area contributed by atoms with Crippen LogP contribution in [0, 0.1) is 6.92 Å². The summed E-state index contributed by atoms with van der Waals surface area (Å²) in [6.07, 6.45) is 1.06. The van der Waals surface area contributed by atoms with Crippen LogP contribution in [0.25, 0.3) is 0 Å². The number of nitrogens with zero attached hydrogens (tertiary/aromatic N) is 1. The zero-order chi connectivity index (χ0) is 10.3. The van der Waals surface area contributed by atoms with Gasteiger partial charge in [-0.25, -0.2) is 0 Å². The highest BCUT2D eigenvalue weighted by Crippen LogP contribution is 2.30. The van der Waals surface area contributed by atoms with Crippen molar-refractivity contribution in [2.24, 2.45) is 4.99 Å². The van der Waals surface area contributed by atoms with Crippen LogP contribution in [-0.2, 0) is 6.42 Å². The standard InChI is InChI=1S/C12H14N2O.ClH/c1-8-2-3-9-7-11(15-10(9)6-8)12-13-4-5-14-12;/h2-3,6,11H,4-5,7H2,1H3,(H,13,14);1H. The number of fused-ring (bicyclic) bond motifs is 1. The zero-order valence-electron chi connectivity index (χ0n) is 9.19. The van der Waals surface area contributed by atoms with Gasteiger partial charge in [0.1, 0.15) is 11.6 Å². The van der Waals surface area contributed by atoms with Crippen LogP contribution in [-0.4, -0.2) is 25.0 Å². The fraction of sp³-hybridized carbons (Fsp3) is 0.417. The number of hydrogen-bond acceptors (Lipinski definition) is 3. The predicted molar refractivity (Wildman–Crippen MR) is 66.9 cm³/mol. The molecule has 1 aromatic rings. The SMILES string of the molecule is Cc1ccc2c(c1)OC(C1=NCCN1)C2.Cl. The molecule has 2 heterocycles. The van der Waals surface area contributed by atoms with Gasteiger partial charge < -0.3 is 10.1 Å². The maximum Gasteiger partial charge on any atom is 0.159 e. The van der Waals surface area contributed by atoms with Gasteiger partial charge in [0, 0.05) is 13.0 Å². The summed E-state index contributed by atoms with van der Waals surface area (Å²) in [7, 11) is 0. The summed E-state index contributed by atoms with van der Waals surface area (Å²) in [5.41, 5.74) is 2.54. The monoisotopic (exact) mass is 238 g/mol. The van der Waals surface area contributed by atoms with Crippen LogP contribution in [0.4, 0.5) is 0 Å². The molecule has 0 bridgehead atoms. The Hall–Kier alpha value is -1.22. The van der Waals surface area contributed by atoms with Crippen molar-refractivity contribution >= 4 is 18.2 Å². The van der Waals surface area contributed by atoms with E-state index in [2.05, 4.69) is 35.4 Å². The summed E-state index contributed by atoms with van der Waals surface area (Å²) in [5.74, 6) is 2.04. The topological polar surface area (TPSA) is 33.6 Å². The van der Waals surface area contributed by atoms with Gasteiger partial charge in [-0.2, -0.15) is 0 Å². The molecule has 0 amide bonds. The third-order valence-electron chi connectivity index (χ3n) is 2.90. The Labute approximate surface area is 101 Å². The molecule has 0 aliphatic carbocycles. The smallest absolute Gasteiger partial charge is 0.159 e. The molecule has 0 saturated carbocycles. The number of aryl methyl sites for hydroxylation is 1. The molecule has 16 heavy (non-hydrogen) atoms. The van der Waals surface area contributed by atoms with Gasteiger partial charge >= 0.3 is 0 Å². The Bertz CT molecular complexity index is 431. The van der Waals surface area contributed by atoms with Crippen molar-refractivity contribution in [2.45, 2.75) is 19.4 Å². The van der Waals surface area contributed by atoms with E-state index >= 15 is 0 Å². The molecule has 1 aromatic carbocycles. The summed E-state index contributed by atoms with van der Waals surface area (Å²) in [6, 6.07) is 6.39. The Kier molecular flexibility index (Phi) is 3.06. The molecule has 86 valence electrons. The van der Waals surface area contributed by atoms with E-state index in [1.54, 1.807) is 0 Å². The van der Waals surface area contributed by atoms with Crippen molar-refractivity contribution < 1.29 is 4.74 Å². The Morgan fingerprint density at radius 1 is 1.44 bits per heavy atom. The van der Waals surface area contributed by atoms with Crippen molar-refractivity contribution in [3.8, 4) is 5.75 Å². The second-order valence-corrected chi connectivity index (χ2v) is 4.12. The van der Waals surface area contributed by atoms with E-state index in [-0.39, 0.29) is 18.5 Å². The summed E-state index contributed by atoms with van der Waals surface area (Å²) in [5, 5.41) is 3.27. The second-order valence-electron chi connectivity index (χ2n) is 4.12. The largest absolute Gasteiger partial charge is 0.482 e. The molecular weight excluding hydrogens is 224 g/mol. The highest BCUT2D eigenvalue weighted by atomic mass is 35.5. The molecule has 0 spiro atoms. The molecule has 4 heteroatoms. The number of amidine groups is 1. The zero-order valence-corrected chi connectivity index (χ0v) is 10.0. The lowest BCUT2D eigenvalue weighted by atomic mass is 10.1. The first-order valence-electron chi connectivity index (χ1n) is 5.37. The lowest BCUT2D eigenvalue weighted by molar-refractivity contribution is 0.298. The fourth-order valence-electron chi connectivity index (χ4n) is 2.12. The van der Waals surface area contributed by atoms with Crippen molar-refractivity contribution in [2.75, 3.05) is 13.1 Å². The van der Waals surface area contributed by atoms with E-state index in [1.165, 1.54) is 11.1 Å². The maximum absolute atomic E-state index is 5.88. The predicted octanol–water partition coefficient (Wildman–Crippen LogP) is 1.72. The quantitative estimate of drug-likeness (QED) is 0.809. The van der Waals surface area contributed by atoms with Gasteiger partial charge in [0.05, 0.1) is 6.54 Å². The molecule has 0 radical (unpaired) electrons. The number of nitrogens with one attached hydrogen (secondary N) is 1. The number of hydrogen-bond donors (Lipinski definition) is 1. The van der Waals surface area contributed by atoms with Crippen molar-refractivity contribution in [1.82, 2.24) is 5.32 Å². The van der Waals surface area contributed by atoms with Crippen LogP contribution in [0.3, 0.4) is 0 Å². The Balaban J connectivity index is 0.000000963. The number of halogens is 1. The fourth-order valence-corrected chi connectivity index (χ4v) is 2.12. The molecule has 0 saturated heterocycles. The average Bonchev–Trinajstić information content (AvgIpc) is 2.84. The van der Waals surface area contributed by atoms with E-state index in [0.29, 0.717) is 0 Å². The lowest BCUT2D eigenvalue weighted by Crippen LogP contribution is -2.34. The van der Waals surface area contributed by atoms with E-state index in [0.717, 1.165) is 31.1 Å². The number of aliphatic imine (C=N–C) groups is 1. The van der Waals surface area contributed by atoms with Gasteiger partial charge in [0.25, 0.3) is 0 Å². The summed E-state index contributed by atoms with van der Waals surface area (Å²) >= 11 is 0. The molecule has 1 unspecified atom stereocenters. The second kappa shape index (κ2) is 4.34. The normalized spacial score (nSPS) is 21.6. The first-order valence-corrected chi connectivity index (χ1v) is 5.37. The van der Waals surface area contributed by atoms with Crippen molar-refractivity contribution in [3.63, 3.8) is 0 Å². The Morgan fingerprint density at radius 3 is 3.06 bits per heavy atom. The Morgan fingerprint density at radius 2 is 2.31 bits per heavy atom. The third kappa shape index (κ3) is 1.87. The van der Waals surface area contributed by atoms with Crippen LogP contribution in [0.2, 0.25) is 0 Å². The molecular formula is C12H15ClN2O. The van der Waals surface area contributed by atoms with Crippen LogP contribution in [0.1, 0.15) is 11.1 Å². The number of benzene rings is 1. The van der Waals surface area contributed by atoms with Crippen LogP contribution in [0.15, 0.2) is 23.2 Å². The van der Waals surface area contributed by atoms with Gasteiger partial charge in [-0.05, 0) is 24.1 Å². The number of rotatable bonds is 1. The van der Waals surface area contributed by atoms with Crippen molar-refractivity contribution in [3.05, 3.63) is 29.3 Å². The van der Waals surface area contributed by atoms with E-state index in [1.807, 2.05) is 0 Å². The minimum atomic E-state index is 0. The summed E-state index contributed by atoms with van der Waals surface area (Å²) in [4.78, 5) is 4.40. The minimum absolute atomic E-state index is 0. The van der Waals surface area contributed by atoms with Crippen LogP contribution < -0.4 is 10.1 Å². The molecule has 0 fully saturated rings. The molecule has 2 aliphatic heterocycles. The van der Waals surface area contributed by atoms with Gasteiger partial charge in [-0.1, -0.05) is 12.1 Å². The molecule has 3 rings (SSSR count).